The van der Waals surface area contributed by atoms with Gasteiger partial charge in [-0.2, -0.15) is 0 Å². The van der Waals surface area contributed by atoms with Crippen molar-refractivity contribution >= 4 is 39.5 Å². The van der Waals surface area contributed by atoms with E-state index in [1.165, 1.54) is 4.90 Å². The second kappa shape index (κ2) is 8.35. The minimum Gasteiger partial charge on any atom is -0.494 e. The number of ether oxygens (including phenoxy) is 2. The molecule has 4 nitrogen and oxygen atoms in total. The normalized spacial score (nSPS) is 15.0. The Balaban J connectivity index is 1.44. The Morgan fingerprint density at radius 1 is 1.15 bits per heavy atom. The van der Waals surface area contributed by atoms with Crippen LogP contribution in [0.3, 0.4) is 0 Å². The van der Waals surface area contributed by atoms with Crippen LogP contribution >= 0.6 is 27.7 Å². The summed E-state index contributed by atoms with van der Waals surface area (Å²) in [4.78, 5) is 12.8. The quantitative estimate of drug-likeness (QED) is 0.415. The first-order chi connectivity index (χ1) is 12.4. The average Bonchev–Trinajstić information content (AvgIpc) is 2.59. The van der Waals surface area contributed by atoms with Crippen LogP contribution in [-0.4, -0.2) is 18.5 Å². The van der Waals surface area contributed by atoms with Gasteiger partial charge in [0.1, 0.15) is 11.4 Å². The monoisotopic (exact) mass is 435 g/mol. The fourth-order valence-electron chi connectivity index (χ4n) is 2.76. The molecule has 0 radical (unpaired) electrons. The maximum absolute atomic E-state index is 11.5. The number of rotatable bonds is 7. The number of nitrogens with one attached hydrogen (secondary N) is 1. The van der Waals surface area contributed by atoms with Gasteiger partial charge < -0.3 is 9.47 Å². The fraction of sp³-hybridized carbons (Fsp3) is 0.350. The first kappa shape index (κ1) is 19.1. The van der Waals surface area contributed by atoms with Crippen LogP contribution in [0.2, 0.25) is 0 Å². The molecule has 0 atom stereocenters. The van der Waals surface area contributed by atoms with Crippen molar-refractivity contribution in [1.82, 2.24) is 0 Å². The Bertz CT molecular complexity index is 777. The highest BCUT2D eigenvalue weighted by molar-refractivity contribution is 9.10. The third kappa shape index (κ3) is 4.95. The Labute approximate surface area is 166 Å². The second-order valence-electron chi connectivity index (χ2n) is 6.59. The molecule has 0 aromatic heterocycles. The van der Waals surface area contributed by atoms with Crippen LogP contribution in [0, 0.1) is 0 Å². The van der Waals surface area contributed by atoms with E-state index in [-0.39, 0.29) is 0 Å². The minimum atomic E-state index is -0.654. The molecule has 1 N–H and O–H groups in total. The summed E-state index contributed by atoms with van der Waals surface area (Å²) in [5.41, 5.74) is 1.06. The summed E-state index contributed by atoms with van der Waals surface area (Å²) in [6, 6.07) is 14.1. The van der Waals surface area contributed by atoms with E-state index in [4.69, 9.17) is 9.47 Å². The molecule has 0 saturated carbocycles. The zero-order valence-electron chi connectivity index (χ0n) is 14.9. The maximum atomic E-state index is 11.5. The van der Waals surface area contributed by atoms with Gasteiger partial charge in [0.25, 0.3) is 0 Å². The summed E-state index contributed by atoms with van der Waals surface area (Å²) in [6.45, 7) is 4.44. The molecule has 1 aliphatic rings. The molecule has 3 rings (SSSR count). The molecule has 1 amide bonds. The number of carbonyl (C=O) groups is 1. The molecule has 0 aliphatic carbocycles. The zero-order chi connectivity index (χ0) is 18.6. The first-order valence-electron chi connectivity index (χ1n) is 8.60. The smallest absolute Gasteiger partial charge is 0.412 e. The van der Waals surface area contributed by atoms with Crippen molar-refractivity contribution < 1.29 is 14.3 Å². The van der Waals surface area contributed by atoms with Crippen LogP contribution in [0.4, 0.5) is 10.5 Å². The standard InChI is InChI=1S/C20H22BrNO3S/c1-20(2)17-13-15(7-10-18(17)22-19(23)25-20)24-11-3-4-12-26-16-8-5-14(21)6-9-16/h5-10,13H,3-4,11-12H2,1-2H3,(H,22,23). The van der Waals surface area contributed by atoms with Gasteiger partial charge in [-0.3, -0.25) is 5.32 Å². The van der Waals surface area contributed by atoms with Crippen molar-refractivity contribution in [2.75, 3.05) is 17.7 Å². The summed E-state index contributed by atoms with van der Waals surface area (Å²) >= 11 is 5.31. The molecule has 26 heavy (non-hydrogen) atoms. The van der Waals surface area contributed by atoms with E-state index < -0.39 is 11.7 Å². The molecule has 2 aromatic carbocycles. The van der Waals surface area contributed by atoms with Crippen LogP contribution in [0.5, 0.6) is 5.75 Å². The molecule has 0 unspecified atom stereocenters. The lowest BCUT2D eigenvalue weighted by Gasteiger charge is -2.32. The maximum Gasteiger partial charge on any atom is 0.412 e. The van der Waals surface area contributed by atoms with E-state index in [0.717, 1.165) is 40.1 Å². The summed E-state index contributed by atoms with van der Waals surface area (Å²) in [5.74, 6) is 1.87. The lowest BCUT2D eigenvalue weighted by Crippen LogP contribution is -2.34. The topological polar surface area (TPSA) is 47.6 Å². The summed E-state index contributed by atoms with van der Waals surface area (Å²) in [5, 5.41) is 2.72. The molecule has 1 heterocycles. The fourth-order valence-corrected chi connectivity index (χ4v) is 3.93. The molecule has 0 fully saturated rings. The highest BCUT2D eigenvalue weighted by atomic mass is 79.9. The number of cyclic esters (lactones) is 1. The van der Waals surface area contributed by atoms with E-state index in [1.54, 1.807) is 0 Å². The van der Waals surface area contributed by atoms with Crippen molar-refractivity contribution in [3.8, 4) is 5.75 Å². The van der Waals surface area contributed by atoms with Gasteiger partial charge in [-0.15, -0.1) is 11.8 Å². The Morgan fingerprint density at radius 3 is 2.69 bits per heavy atom. The van der Waals surface area contributed by atoms with Crippen molar-refractivity contribution in [1.29, 1.82) is 0 Å². The van der Waals surface area contributed by atoms with Crippen LogP contribution in [0.25, 0.3) is 0 Å². The molecule has 0 spiro atoms. The molecule has 138 valence electrons. The van der Waals surface area contributed by atoms with Gasteiger partial charge in [0.05, 0.1) is 12.3 Å². The summed E-state index contributed by atoms with van der Waals surface area (Å²) in [7, 11) is 0. The number of thioether (sulfide) groups is 1. The van der Waals surface area contributed by atoms with E-state index in [0.29, 0.717) is 6.61 Å². The average molecular weight is 436 g/mol. The Hall–Kier alpha value is -1.66. The number of anilines is 1. The van der Waals surface area contributed by atoms with E-state index in [1.807, 2.05) is 43.8 Å². The summed E-state index contributed by atoms with van der Waals surface area (Å²) < 4.78 is 12.3. The molecule has 0 bridgehead atoms. The Kier molecular flexibility index (Phi) is 6.14. The molecular formula is C20H22BrNO3S. The van der Waals surface area contributed by atoms with Crippen molar-refractivity contribution in [2.45, 2.75) is 37.2 Å². The highest BCUT2D eigenvalue weighted by Crippen LogP contribution is 2.37. The van der Waals surface area contributed by atoms with Crippen LogP contribution in [-0.2, 0) is 10.3 Å². The first-order valence-corrected chi connectivity index (χ1v) is 10.4. The van der Waals surface area contributed by atoms with Crippen molar-refractivity contribution in [2.24, 2.45) is 0 Å². The lowest BCUT2D eigenvalue weighted by atomic mass is 9.94. The molecule has 6 heteroatoms. The molecule has 2 aromatic rings. The van der Waals surface area contributed by atoms with Crippen LogP contribution < -0.4 is 10.1 Å². The summed E-state index contributed by atoms with van der Waals surface area (Å²) in [6.07, 6.45) is 1.67. The van der Waals surface area contributed by atoms with E-state index in [9.17, 15) is 4.79 Å². The number of halogens is 1. The van der Waals surface area contributed by atoms with E-state index >= 15 is 0 Å². The highest BCUT2D eigenvalue weighted by Gasteiger charge is 2.33. The number of fused-ring (bicyclic) bond motifs is 1. The van der Waals surface area contributed by atoms with E-state index in [2.05, 4.69) is 45.5 Å². The van der Waals surface area contributed by atoms with Crippen molar-refractivity contribution in [3.63, 3.8) is 0 Å². The van der Waals surface area contributed by atoms with Gasteiger partial charge in [0.15, 0.2) is 0 Å². The van der Waals surface area contributed by atoms with Gasteiger partial charge >= 0.3 is 6.09 Å². The number of benzene rings is 2. The van der Waals surface area contributed by atoms with Crippen LogP contribution in [0.1, 0.15) is 32.3 Å². The third-order valence-electron chi connectivity index (χ3n) is 4.11. The lowest BCUT2D eigenvalue weighted by molar-refractivity contribution is 0.0418. The van der Waals surface area contributed by atoms with Crippen molar-refractivity contribution in [3.05, 3.63) is 52.5 Å². The number of amides is 1. The van der Waals surface area contributed by atoms with Gasteiger partial charge in [0.2, 0.25) is 0 Å². The molecule has 1 aliphatic heterocycles. The predicted octanol–water partition coefficient (Wildman–Crippen LogP) is 6.20. The second-order valence-corrected chi connectivity index (χ2v) is 8.67. The van der Waals surface area contributed by atoms with Crippen LogP contribution in [0.15, 0.2) is 51.8 Å². The predicted molar refractivity (Wildman–Crippen MR) is 109 cm³/mol. The molecule has 0 saturated heterocycles. The number of carbonyl (C=O) groups excluding carboxylic acids is 1. The molecular weight excluding hydrogens is 414 g/mol. The largest absolute Gasteiger partial charge is 0.494 e. The number of unbranched alkanes of at least 4 members (excludes halogenated alkanes) is 1. The van der Waals surface area contributed by atoms with Gasteiger partial charge in [-0.25, -0.2) is 4.79 Å². The third-order valence-corrected chi connectivity index (χ3v) is 5.74. The van der Waals surface area contributed by atoms with Gasteiger partial charge in [-0.1, -0.05) is 15.9 Å². The zero-order valence-corrected chi connectivity index (χ0v) is 17.3. The van der Waals surface area contributed by atoms with Gasteiger partial charge in [0, 0.05) is 14.9 Å². The Morgan fingerprint density at radius 2 is 1.92 bits per heavy atom. The number of hydrogen-bond donors (Lipinski definition) is 1. The van der Waals surface area contributed by atoms with Gasteiger partial charge in [-0.05, 0) is 74.9 Å². The SMILES string of the molecule is CC1(C)OC(=O)Nc2ccc(OCCCCSc3ccc(Br)cc3)cc21. The minimum absolute atomic E-state index is 0.417. The number of hydrogen-bond acceptors (Lipinski definition) is 4.